The van der Waals surface area contributed by atoms with Gasteiger partial charge in [-0.05, 0) is 45.3 Å². The SMILES string of the molecule is O=S(=O)(C=Cc1ccccc1)Nc1ncnc(OCCOc2ncc(Br)cn2)c1-c1ccc(Cl)cc1. The number of aromatic nitrogens is 4. The van der Waals surface area contributed by atoms with Crippen LogP contribution in [0.2, 0.25) is 5.02 Å². The van der Waals surface area contributed by atoms with Gasteiger partial charge < -0.3 is 9.47 Å². The molecular weight excluding hydrogens is 570 g/mol. The van der Waals surface area contributed by atoms with Gasteiger partial charge in [0.15, 0.2) is 5.82 Å². The van der Waals surface area contributed by atoms with Crippen molar-refractivity contribution in [1.29, 1.82) is 0 Å². The molecule has 0 atom stereocenters. The van der Waals surface area contributed by atoms with Gasteiger partial charge in [-0.2, -0.15) is 0 Å². The first kappa shape index (κ1) is 25.5. The number of nitrogens with zero attached hydrogens (tertiary/aromatic N) is 4. The summed E-state index contributed by atoms with van der Waals surface area (Å²) in [6.07, 6.45) is 5.84. The molecule has 2 aromatic heterocycles. The number of ether oxygens (including phenoxy) is 2. The third-order valence-electron chi connectivity index (χ3n) is 4.57. The van der Waals surface area contributed by atoms with E-state index in [-0.39, 0.29) is 30.9 Å². The molecule has 0 saturated heterocycles. The van der Waals surface area contributed by atoms with Crippen LogP contribution in [0.4, 0.5) is 5.82 Å². The van der Waals surface area contributed by atoms with Crippen molar-refractivity contribution in [1.82, 2.24) is 19.9 Å². The predicted octanol–water partition coefficient (Wildman–Crippen LogP) is 5.22. The minimum absolute atomic E-state index is 0.0530. The quantitative estimate of drug-likeness (QED) is 0.251. The van der Waals surface area contributed by atoms with Crippen molar-refractivity contribution in [3.63, 3.8) is 0 Å². The Morgan fingerprint density at radius 1 is 0.917 bits per heavy atom. The second-order valence-corrected chi connectivity index (χ2v) is 10.1. The second-order valence-electron chi connectivity index (χ2n) is 7.15. The zero-order valence-corrected chi connectivity index (χ0v) is 21.7. The van der Waals surface area contributed by atoms with Crippen LogP contribution in [0.25, 0.3) is 17.2 Å². The highest BCUT2D eigenvalue weighted by Crippen LogP contribution is 2.35. The van der Waals surface area contributed by atoms with Crippen molar-refractivity contribution in [2.75, 3.05) is 17.9 Å². The van der Waals surface area contributed by atoms with Gasteiger partial charge in [-0.1, -0.05) is 54.1 Å². The highest BCUT2D eigenvalue weighted by molar-refractivity contribution is 9.10. The lowest BCUT2D eigenvalue weighted by Gasteiger charge is -2.15. The molecule has 0 aliphatic carbocycles. The van der Waals surface area contributed by atoms with E-state index in [1.54, 1.807) is 48.8 Å². The minimum atomic E-state index is -3.90. The summed E-state index contributed by atoms with van der Waals surface area (Å²) in [5, 5.41) is 1.59. The average Bonchev–Trinajstić information content (AvgIpc) is 2.88. The molecule has 36 heavy (non-hydrogen) atoms. The Morgan fingerprint density at radius 2 is 1.61 bits per heavy atom. The van der Waals surface area contributed by atoms with Crippen LogP contribution < -0.4 is 14.2 Å². The lowest BCUT2D eigenvalue weighted by Crippen LogP contribution is -2.14. The van der Waals surface area contributed by atoms with Crippen LogP contribution in [0.15, 0.2) is 83.2 Å². The topological polar surface area (TPSA) is 116 Å². The molecule has 1 N–H and O–H groups in total. The number of halogens is 2. The molecule has 0 saturated carbocycles. The summed E-state index contributed by atoms with van der Waals surface area (Å²) in [5.41, 5.74) is 1.70. The van der Waals surface area contributed by atoms with Gasteiger partial charge in [0.25, 0.3) is 10.0 Å². The van der Waals surface area contributed by atoms with E-state index in [9.17, 15) is 8.42 Å². The molecule has 2 aromatic carbocycles. The summed E-state index contributed by atoms with van der Waals surface area (Å²) >= 11 is 9.30. The first-order valence-corrected chi connectivity index (χ1v) is 13.2. The molecule has 0 spiro atoms. The third-order valence-corrected chi connectivity index (χ3v) is 6.21. The Hall–Kier alpha value is -3.54. The monoisotopic (exact) mass is 587 g/mol. The van der Waals surface area contributed by atoms with E-state index in [0.29, 0.717) is 16.1 Å². The van der Waals surface area contributed by atoms with Gasteiger partial charge >= 0.3 is 6.01 Å². The Balaban J connectivity index is 1.56. The fraction of sp³-hybridized carbons (Fsp3) is 0.0833. The third kappa shape index (κ3) is 7.23. The number of anilines is 1. The Kier molecular flexibility index (Phi) is 8.47. The Labute approximate surface area is 221 Å². The molecule has 4 aromatic rings. The molecule has 0 aliphatic rings. The molecular formula is C24H19BrClN5O4S. The molecule has 4 rings (SSSR count). The van der Waals surface area contributed by atoms with Gasteiger partial charge in [-0.25, -0.2) is 28.4 Å². The Bertz CT molecular complexity index is 1440. The van der Waals surface area contributed by atoms with E-state index >= 15 is 0 Å². The van der Waals surface area contributed by atoms with Gasteiger partial charge in [0, 0.05) is 17.4 Å². The van der Waals surface area contributed by atoms with Crippen LogP contribution >= 0.6 is 27.5 Å². The van der Waals surface area contributed by atoms with Crippen molar-refractivity contribution < 1.29 is 17.9 Å². The van der Waals surface area contributed by atoms with E-state index in [4.69, 9.17) is 21.1 Å². The lowest BCUT2D eigenvalue weighted by atomic mass is 10.1. The second kappa shape index (κ2) is 11.9. The molecule has 0 radical (unpaired) electrons. The van der Waals surface area contributed by atoms with Crippen molar-refractivity contribution in [2.45, 2.75) is 0 Å². The van der Waals surface area contributed by atoms with Crippen molar-refractivity contribution in [3.05, 3.63) is 93.8 Å². The highest BCUT2D eigenvalue weighted by atomic mass is 79.9. The van der Waals surface area contributed by atoms with E-state index in [1.807, 2.05) is 18.2 Å². The number of nitrogens with one attached hydrogen (secondary N) is 1. The molecule has 0 aliphatic heterocycles. The van der Waals surface area contributed by atoms with E-state index in [0.717, 1.165) is 15.4 Å². The number of sulfonamides is 1. The summed E-state index contributed by atoms with van der Waals surface area (Å²) < 4.78 is 40.1. The number of hydrogen-bond acceptors (Lipinski definition) is 8. The van der Waals surface area contributed by atoms with Crippen molar-refractivity contribution >= 4 is 49.4 Å². The largest absolute Gasteiger partial charge is 0.473 e. The van der Waals surface area contributed by atoms with Crippen molar-refractivity contribution in [3.8, 4) is 23.0 Å². The van der Waals surface area contributed by atoms with Crippen LogP contribution in [0, 0.1) is 0 Å². The van der Waals surface area contributed by atoms with Gasteiger partial charge in [-0.15, -0.1) is 0 Å². The fourth-order valence-electron chi connectivity index (χ4n) is 2.98. The molecule has 0 amide bonds. The smallest absolute Gasteiger partial charge is 0.316 e. The number of benzene rings is 2. The Morgan fingerprint density at radius 3 is 2.33 bits per heavy atom. The molecule has 2 heterocycles. The van der Waals surface area contributed by atoms with E-state index in [2.05, 4.69) is 40.6 Å². The zero-order valence-electron chi connectivity index (χ0n) is 18.6. The van der Waals surface area contributed by atoms with Gasteiger partial charge in [0.1, 0.15) is 19.5 Å². The van der Waals surface area contributed by atoms with Crippen LogP contribution in [0.1, 0.15) is 5.56 Å². The minimum Gasteiger partial charge on any atom is -0.473 e. The molecule has 184 valence electrons. The average molecular weight is 589 g/mol. The van der Waals surface area contributed by atoms with E-state index in [1.165, 1.54) is 12.4 Å². The number of rotatable bonds is 10. The van der Waals surface area contributed by atoms with Crippen LogP contribution in [0.5, 0.6) is 11.9 Å². The predicted molar refractivity (Wildman–Crippen MR) is 141 cm³/mol. The molecule has 0 fully saturated rings. The summed E-state index contributed by atoms with van der Waals surface area (Å²) in [6.45, 7) is 0.226. The summed E-state index contributed by atoms with van der Waals surface area (Å²) in [7, 11) is -3.90. The summed E-state index contributed by atoms with van der Waals surface area (Å²) in [4.78, 5) is 16.4. The zero-order chi connectivity index (χ0) is 25.4. The maximum Gasteiger partial charge on any atom is 0.316 e. The first-order valence-electron chi connectivity index (χ1n) is 10.5. The van der Waals surface area contributed by atoms with E-state index < -0.39 is 10.0 Å². The van der Waals surface area contributed by atoms with Crippen LogP contribution in [0.3, 0.4) is 0 Å². The lowest BCUT2D eigenvalue weighted by molar-refractivity contribution is 0.202. The molecule has 0 bridgehead atoms. The maximum absolute atomic E-state index is 12.8. The normalized spacial score (nSPS) is 11.4. The standard InChI is InChI=1S/C24H19BrClN5O4S/c25-19-14-27-24(28-15-19)35-12-11-34-23-21(18-6-8-20(26)9-7-18)22(29-16-30-23)31-36(32,33)13-10-17-4-2-1-3-5-17/h1-10,13-16H,11-12H2,(H,29,30,31). The van der Waals surface area contributed by atoms with Crippen molar-refractivity contribution in [2.24, 2.45) is 0 Å². The van der Waals surface area contributed by atoms with Crippen LogP contribution in [-0.4, -0.2) is 41.6 Å². The summed E-state index contributed by atoms with van der Waals surface area (Å²) in [5.74, 6) is 0.217. The van der Waals surface area contributed by atoms with Gasteiger partial charge in [-0.3, -0.25) is 4.72 Å². The summed E-state index contributed by atoms with van der Waals surface area (Å²) in [6, 6.07) is 16.1. The molecule has 0 unspecified atom stereocenters. The maximum atomic E-state index is 12.8. The number of hydrogen-bond donors (Lipinski definition) is 1. The first-order chi connectivity index (χ1) is 17.4. The fourth-order valence-corrected chi connectivity index (χ4v) is 4.14. The highest BCUT2D eigenvalue weighted by Gasteiger charge is 2.19. The van der Waals surface area contributed by atoms with Crippen LogP contribution in [-0.2, 0) is 10.0 Å². The van der Waals surface area contributed by atoms with Gasteiger partial charge in [0.2, 0.25) is 5.88 Å². The molecule has 12 heteroatoms. The van der Waals surface area contributed by atoms with Gasteiger partial charge in [0.05, 0.1) is 15.4 Å². The molecule has 9 nitrogen and oxygen atoms in total.